The molecule has 0 bridgehead atoms. The lowest BCUT2D eigenvalue weighted by molar-refractivity contribution is -0.139. The minimum Gasteiger partial charge on any atom is -0.490 e. The van der Waals surface area contributed by atoms with Crippen LogP contribution in [-0.4, -0.2) is 53.5 Å². The predicted octanol–water partition coefficient (Wildman–Crippen LogP) is 11.4. The number of hydrogen-bond acceptors (Lipinski definition) is 6. The average molecular weight is 845 g/mol. The van der Waals surface area contributed by atoms with Crippen molar-refractivity contribution < 1.29 is 55.3 Å². The number of benzene rings is 4. The zero-order valence-electron chi connectivity index (χ0n) is 34.0. The van der Waals surface area contributed by atoms with E-state index in [4.69, 9.17) is 20.3 Å². The molecule has 0 spiro atoms. The summed E-state index contributed by atoms with van der Waals surface area (Å²) in [6, 6.07) is 15.4. The van der Waals surface area contributed by atoms with Gasteiger partial charge in [-0.1, -0.05) is 56.3 Å². The van der Waals surface area contributed by atoms with Gasteiger partial charge in [0.05, 0.1) is 12.2 Å². The van der Waals surface area contributed by atoms with Crippen molar-refractivity contribution in [3.05, 3.63) is 82.9 Å². The molecule has 1 aliphatic heterocycles. The van der Waals surface area contributed by atoms with Crippen LogP contribution < -0.4 is 15.2 Å². The van der Waals surface area contributed by atoms with E-state index in [1.807, 2.05) is 0 Å². The summed E-state index contributed by atoms with van der Waals surface area (Å²) in [6.07, 6.45) is 0.242. The molecule has 8 nitrogen and oxygen atoms in total. The Kier molecular flexibility index (Phi) is 15.9. The van der Waals surface area contributed by atoms with Crippen molar-refractivity contribution in [2.75, 3.05) is 13.1 Å². The number of ether oxygens (including phenoxy) is 2. The first-order valence-electron chi connectivity index (χ1n) is 20.7. The van der Waals surface area contributed by atoms with Gasteiger partial charge in [0.15, 0.2) is 6.29 Å². The smallest absolute Gasteiger partial charge is 0.420 e. The molecule has 3 aliphatic rings. The first kappa shape index (κ1) is 46.2. The molecule has 1 amide bonds. The Bertz CT molecular complexity index is 2090. The summed E-state index contributed by atoms with van der Waals surface area (Å²) >= 11 is 0. The van der Waals surface area contributed by atoms with Gasteiger partial charge in [0.1, 0.15) is 22.6 Å². The average Bonchev–Trinajstić information content (AvgIpc) is 3.61. The number of rotatable bonds is 10. The number of carboxylic acids is 1. The number of aldehydes is 1. The van der Waals surface area contributed by atoms with Gasteiger partial charge >= 0.3 is 18.3 Å². The van der Waals surface area contributed by atoms with Crippen molar-refractivity contribution in [2.24, 2.45) is 17.6 Å². The van der Waals surface area contributed by atoms with Gasteiger partial charge in [0.2, 0.25) is 5.91 Å². The van der Waals surface area contributed by atoms with Crippen LogP contribution in [0.25, 0.3) is 21.5 Å². The molecule has 0 unspecified atom stereocenters. The van der Waals surface area contributed by atoms with E-state index in [1.54, 1.807) is 23.1 Å². The zero-order chi connectivity index (χ0) is 43.6. The Hall–Kier alpha value is -4.85. The van der Waals surface area contributed by atoms with Crippen LogP contribution in [0.3, 0.4) is 0 Å². The van der Waals surface area contributed by atoms with Gasteiger partial charge in [-0.05, 0) is 128 Å². The van der Waals surface area contributed by atoms with E-state index in [0.29, 0.717) is 61.4 Å². The molecule has 0 radical (unpaired) electrons. The Morgan fingerprint density at radius 3 is 1.68 bits per heavy atom. The minimum absolute atomic E-state index is 0.00813. The zero-order valence-corrected chi connectivity index (χ0v) is 34.0. The predicted molar refractivity (Wildman–Crippen MR) is 218 cm³/mol. The van der Waals surface area contributed by atoms with E-state index in [2.05, 4.69) is 13.8 Å². The van der Waals surface area contributed by atoms with E-state index in [0.717, 1.165) is 63.4 Å². The van der Waals surface area contributed by atoms with E-state index in [1.165, 1.54) is 42.5 Å². The number of aliphatic carboxylic acids is 1. The van der Waals surface area contributed by atoms with Crippen LogP contribution in [0.15, 0.2) is 60.7 Å². The summed E-state index contributed by atoms with van der Waals surface area (Å²) in [5.41, 5.74) is 4.50. The van der Waals surface area contributed by atoms with E-state index in [-0.39, 0.29) is 52.4 Å². The maximum atomic E-state index is 14.0. The maximum Gasteiger partial charge on any atom is 0.420 e. The first-order chi connectivity index (χ1) is 28.5. The molecule has 1 saturated heterocycles. The molecule has 2 saturated carbocycles. The van der Waals surface area contributed by atoms with Gasteiger partial charge in [-0.15, -0.1) is 0 Å². The summed E-state index contributed by atoms with van der Waals surface area (Å²) in [5.74, 6) is 0.259. The molecule has 2 aliphatic carbocycles. The summed E-state index contributed by atoms with van der Waals surface area (Å²) in [5, 5.41) is 8.97. The maximum absolute atomic E-state index is 14.0. The number of amides is 1. The molecule has 0 aromatic heterocycles. The quantitative estimate of drug-likeness (QED) is 0.120. The second-order valence-corrected chi connectivity index (χ2v) is 16.1. The number of alkyl halides is 6. The molecule has 4 aromatic carbocycles. The largest absolute Gasteiger partial charge is 0.490 e. The number of fused-ring (bicyclic) bond motifs is 2. The third-order valence-electron chi connectivity index (χ3n) is 11.5. The van der Waals surface area contributed by atoms with Crippen molar-refractivity contribution in [2.45, 2.75) is 122 Å². The summed E-state index contributed by atoms with van der Waals surface area (Å²) in [4.78, 5) is 34.5. The lowest BCUT2D eigenvalue weighted by Gasteiger charge is -2.28. The summed E-state index contributed by atoms with van der Waals surface area (Å²) in [6.45, 7) is 5.78. The number of nitrogens with zero attached hydrogens (tertiary/aromatic N) is 1. The highest BCUT2D eigenvalue weighted by Crippen LogP contribution is 2.45. The van der Waals surface area contributed by atoms with Crippen LogP contribution in [0.5, 0.6) is 11.5 Å². The van der Waals surface area contributed by atoms with Crippen molar-refractivity contribution in [1.29, 1.82) is 0 Å². The number of nitrogens with two attached hydrogens (primary N) is 1. The van der Waals surface area contributed by atoms with Crippen molar-refractivity contribution in [3.63, 3.8) is 0 Å². The fraction of sp³-hybridized carbons (Fsp3) is 0.500. The molecule has 3 fully saturated rings. The Morgan fingerprint density at radius 2 is 1.25 bits per heavy atom. The third-order valence-corrected chi connectivity index (χ3v) is 11.5. The van der Waals surface area contributed by atoms with Crippen molar-refractivity contribution in [3.8, 4) is 11.5 Å². The fourth-order valence-electron chi connectivity index (χ4n) is 8.17. The van der Waals surface area contributed by atoms with E-state index in [9.17, 15) is 40.7 Å². The highest BCUT2D eigenvalue weighted by molar-refractivity contribution is 6.00. The molecule has 0 atom stereocenters. The van der Waals surface area contributed by atoms with Crippen LogP contribution in [-0.2, 0) is 28.5 Å². The van der Waals surface area contributed by atoms with Crippen molar-refractivity contribution in [1.82, 2.24) is 4.90 Å². The molecule has 14 heteroatoms. The van der Waals surface area contributed by atoms with Gasteiger partial charge in [-0.2, -0.15) is 26.3 Å². The van der Waals surface area contributed by atoms with Gasteiger partial charge in [-0.25, -0.2) is 0 Å². The van der Waals surface area contributed by atoms with Crippen LogP contribution in [0, 0.1) is 11.8 Å². The molecule has 7 rings (SSSR count). The topological polar surface area (TPSA) is 119 Å². The second-order valence-electron chi connectivity index (χ2n) is 16.1. The number of halogens is 6. The number of carboxylic acid groups (broad SMARTS) is 1. The van der Waals surface area contributed by atoms with E-state index < -0.39 is 29.4 Å². The van der Waals surface area contributed by atoms with Crippen LogP contribution in [0.1, 0.15) is 118 Å². The molecule has 60 heavy (non-hydrogen) atoms. The molecular formula is C46H54F6N2O6. The van der Waals surface area contributed by atoms with Gasteiger partial charge in [-0.3, -0.25) is 14.4 Å². The van der Waals surface area contributed by atoms with Gasteiger partial charge in [0.25, 0.3) is 0 Å². The highest BCUT2D eigenvalue weighted by atomic mass is 19.4. The Balaban J connectivity index is 0.000000199. The second kappa shape index (κ2) is 20.6. The number of hydrogen-bond donors (Lipinski definition) is 2. The van der Waals surface area contributed by atoms with Gasteiger partial charge in [0, 0.05) is 31.5 Å². The highest BCUT2D eigenvalue weighted by Gasteiger charge is 2.39. The molecule has 3 N–H and O–H groups in total. The number of likely N-dealkylation sites (tertiary alicyclic amines) is 1. The monoisotopic (exact) mass is 844 g/mol. The van der Waals surface area contributed by atoms with Crippen LogP contribution in [0.2, 0.25) is 0 Å². The van der Waals surface area contributed by atoms with E-state index >= 15 is 0 Å². The molecule has 4 aromatic rings. The SMILES string of the molecule is CC1CCC(Oc2ccc3c(C=O)cccc3c2C(F)(F)F)CC1.CC1CCC(Oc2ccc3c(CN4CCCC4=O)cccc3c2C(F)(F)F)CC1.NCCCC(=O)O. The molecule has 326 valence electrons. The summed E-state index contributed by atoms with van der Waals surface area (Å²) < 4.78 is 94.7. The summed E-state index contributed by atoms with van der Waals surface area (Å²) in [7, 11) is 0. The first-order valence-corrected chi connectivity index (χ1v) is 20.7. The van der Waals surface area contributed by atoms with Crippen LogP contribution in [0.4, 0.5) is 26.3 Å². The Morgan fingerprint density at radius 1 is 0.750 bits per heavy atom. The lowest BCUT2D eigenvalue weighted by atomic mass is 9.89. The molecule has 1 heterocycles. The van der Waals surface area contributed by atoms with Crippen LogP contribution >= 0.6 is 0 Å². The Labute approximate surface area is 346 Å². The normalized spacial score (nSPS) is 20.8. The lowest BCUT2D eigenvalue weighted by Crippen LogP contribution is -2.25. The minimum atomic E-state index is -4.54. The third kappa shape index (κ3) is 12.1. The molecular weight excluding hydrogens is 791 g/mol. The fourth-order valence-corrected chi connectivity index (χ4v) is 8.17. The standard InChI is InChI=1S/C23H26F3NO2.C19H19F3O2.C4H9NO2/c1-15-7-9-17(10-8-15)29-20-12-11-18-16(14-27-13-3-6-21(27)28)4-2-5-19(18)22(20)23(24,25)26;1-12-5-7-14(8-6-12)24-17-10-9-15-13(11-23)3-2-4-16(15)18(17)19(20,21)22;5-3-1-2-4(6)7/h2,4-5,11-12,15,17H,3,6-10,13-14H2,1H3;2-4,9-12,14H,5-8H2,1H3;1-3,5H2,(H,6,7). The number of carbonyl (C=O) groups is 3. The van der Waals surface area contributed by atoms with Crippen molar-refractivity contribution >= 4 is 39.7 Å². The number of carbonyl (C=O) groups excluding carboxylic acids is 2. The van der Waals surface area contributed by atoms with Gasteiger partial charge < -0.3 is 25.2 Å².